The molecule has 23 heavy (non-hydrogen) atoms. The minimum atomic E-state index is -1.61. The van der Waals surface area contributed by atoms with Gasteiger partial charge in [0.05, 0.1) is 5.69 Å². The van der Waals surface area contributed by atoms with Crippen molar-refractivity contribution in [3.8, 4) is 11.1 Å². The van der Waals surface area contributed by atoms with E-state index in [9.17, 15) is 14.3 Å². The van der Waals surface area contributed by atoms with Gasteiger partial charge in [-0.05, 0) is 56.9 Å². The predicted octanol–water partition coefficient (Wildman–Crippen LogP) is 5.35. The standard InChI is InChI=1S/C18H19ClFNO2/c1-10-14(11-4-6-12(19)7-5-11)15(17(22)23)21(13-8-9-13)16(10)18(2,3)20/h4-7,13H,8-9H2,1-3H3,(H,22,23). The van der Waals surface area contributed by atoms with Crippen molar-refractivity contribution in [2.45, 2.75) is 45.3 Å². The number of carboxylic acids is 1. The average Bonchev–Trinajstić information content (AvgIpc) is 3.22. The van der Waals surface area contributed by atoms with Crippen LogP contribution in [0.25, 0.3) is 11.1 Å². The molecule has 1 aliphatic rings. The third-order valence-corrected chi connectivity index (χ3v) is 4.51. The maximum Gasteiger partial charge on any atom is 0.353 e. The Balaban J connectivity index is 2.35. The third-order valence-electron chi connectivity index (χ3n) is 4.26. The van der Waals surface area contributed by atoms with Gasteiger partial charge in [-0.2, -0.15) is 0 Å². The molecule has 122 valence electrons. The molecule has 0 bridgehead atoms. The van der Waals surface area contributed by atoms with E-state index in [-0.39, 0.29) is 11.7 Å². The first-order valence-electron chi connectivity index (χ1n) is 7.65. The number of rotatable bonds is 4. The van der Waals surface area contributed by atoms with Crippen molar-refractivity contribution in [2.75, 3.05) is 0 Å². The van der Waals surface area contributed by atoms with Crippen molar-refractivity contribution in [3.63, 3.8) is 0 Å². The van der Waals surface area contributed by atoms with Gasteiger partial charge in [0.2, 0.25) is 0 Å². The second-order valence-corrected chi connectivity index (χ2v) is 7.02. The second-order valence-electron chi connectivity index (χ2n) is 6.58. The number of nitrogens with zero attached hydrogens (tertiary/aromatic N) is 1. The van der Waals surface area contributed by atoms with E-state index in [0.29, 0.717) is 21.8 Å². The summed E-state index contributed by atoms with van der Waals surface area (Å²) in [5, 5.41) is 10.4. The highest BCUT2D eigenvalue weighted by molar-refractivity contribution is 6.30. The number of alkyl halides is 1. The molecular formula is C18H19ClFNO2. The molecule has 0 radical (unpaired) electrons. The van der Waals surface area contributed by atoms with Crippen molar-refractivity contribution >= 4 is 17.6 Å². The number of benzene rings is 1. The molecule has 2 aromatic rings. The highest BCUT2D eigenvalue weighted by Gasteiger charge is 2.39. The maximum absolute atomic E-state index is 14.8. The van der Waals surface area contributed by atoms with Gasteiger partial charge in [-0.1, -0.05) is 23.7 Å². The lowest BCUT2D eigenvalue weighted by Gasteiger charge is -2.20. The van der Waals surface area contributed by atoms with Crippen molar-refractivity contribution in [1.29, 1.82) is 0 Å². The summed E-state index contributed by atoms with van der Waals surface area (Å²) in [5.41, 5.74) is 1.04. The molecule has 5 heteroatoms. The fraction of sp³-hybridized carbons (Fsp3) is 0.389. The van der Waals surface area contributed by atoms with Gasteiger partial charge in [-0.15, -0.1) is 0 Å². The van der Waals surface area contributed by atoms with Crippen LogP contribution in [0, 0.1) is 6.92 Å². The quantitative estimate of drug-likeness (QED) is 0.817. The smallest absolute Gasteiger partial charge is 0.353 e. The zero-order chi connectivity index (χ0) is 16.9. The lowest BCUT2D eigenvalue weighted by Crippen LogP contribution is -2.19. The molecule has 3 rings (SSSR count). The summed E-state index contributed by atoms with van der Waals surface area (Å²) in [7, 11) is 0. The number of hydrogen-bond acceptors (Lipinski definition) is 1. The Bertz CT molecular complexity index is 768. The Morgan fingerprint density at radius 3 is 2.30 bits per heavy atom. The summed E-state index contributed by atoms with van der Waals surface area (Å²) in [6, 6.07) is 7.07. The van der Waals surface area contributed by atoms with E-state index in [1.54, 1.807) is 35.8 Å². The van der Waals surface area contributed by atoms with Gasteiger partial charge in [0.25, 0.3) is 0 Å². The summed E-state index contributed by atoms with van der Waals surface area (Å²) in [4.78, 5) is 11.9. The number of aromatic nitrogens is 1. The van der Waals surface area contributed by atoms with Gasteiger partial charge in [0.1, 0.15) is 11.4 Å². The Hall–Kier alpha value is -1.81. The van der Waals surface area contributed by atoms with Gasteiger partial charge in [-0.3, -0.25) is 0 Å². The van der Waals surface area contributed by atoms with Crippen LogP contribution in [0.1, 0.15) is 54.5 Å². The molecule has 0 atom stereocenters. The molecule has 1 heterocycles. The zero-order valence-corrected chi connectivity index (χ0v) is 14.1. The van der Waals surface area contributed by atoms with Gasteiger partial charge < -0.3 is 9.67 Å². The van der Waals surface area contributed by atoms with Gasteiger partial charge in [0, 0.05) is 16.6 Å². The Labute approximate surface area is 139 Å². The molecule has 0 unspecified atom stereocenters. The van der Waals surface area contributed by atoms with E-state index >= 15 is 0 Å². The highest BCUT2D eigenvalue weighted by Crippen LogP contribution is 2.46. The van der Waals surface area contributed by atoms with Crippen LogP contribution in [0.3, 0.4) is 0 Å². The first-order chi connectivity index (χ1) is 10.7. The summed E-state index contributed by atoms with van der Waals surface area (Å²) < 4.78 is 16.5. The molecule has 0 aliphatic heterocycles. The van der Waals surface area contributed by atoms with E-state index in [2.05, 4.69) is 0 Å². The van der Waals surface area contributed by atoms with Crippen LogP contribution in [0.2, 0.25) is 5.02 Å². The van der Waals surface area contributed by atoms with Crippen molar-refractivity contribution in [2.24, 2.45) is 0 Å². The zero-order valence-electron chi connectivity index (χ0n) is 13.4. The fourth-order valence-electron chi connectivity index (χ4n) is 3.32. The first kappa shape index (κ1) is 16.1. The van der Waals surface area contributed by atoms with Crippen molar-refractivity contribution < 1.29 is 14.3 Å². The Morgan fingerprint density at radius 1 is 1.30 bits per heavy atom. The molecule has 0 spiro atoms. The normalized spacial score (nSPS) is 15.0. The fourth-order valence-corrected chi connectivity index (χ4v) is 3.44. The van der Waals surface area contributed by atoms with Gasteiger partial charge in [-0.25, -0.2) is 9.18 Å². The molecule has 0 saturated heterocycles. The lowest BCUT2D eigenvalue weighted by molar-refractivity contribution is 0.0684. The summed E-state index contributed by atoms with van der Waals surface area (Å²) in [6.07, 6.45) is 1.77. The van der Waals surface area contributed by atoms with E-state index in [1.165, 1.54) is 13.8 Å². The molecule has 1 fully saturated rings. The van der Waals surface area contributed by atoms with E-state index in [1.807, 2.05) is 0 Å². The van der Waals surface area contributed by atoms with E-state index < -0.39 is 11.6 Å². The third kappa shape index (κ3) is 2.76. The van der Waals surface area contributed by atoms with Crippen molar-refractivity contribution in [1.82, 2.24) is 4.57 Å². The number of carbonyl (C=O) groups is 1. The average molecular weight is 336 g/mol. The Kier molecular flexibility index (Phi) is 3.75. The lowest BCUT2D eigenvalue weighted by atomic mass is 9.97. The monoisotopic (exact) mass is 335 g/mol. The summed E-state index contributed by atoms with van der Waals surface area (Å²) in [5.74, 6) is -1.03. The maximum atomic E-state index is 14.8. The van der Waals surface area contributed by atoms with Crippen molar-refractivity contribution in [3.05, 3.63) is 46.2 Å². The molecule has 1 saturated carbocycles. The van der Waals surface area contributed by atoms with Crippen LogP contribution in [-0.2, 0) is 5.67 Å². The van der Waals surface area contributed by atoms with Crippen LogP contribution < -0.4 is 0 Å². The minimum absolute atomic E-state index is 0.0749. The van der Waals surface area contributed by atoms with Crippen LogP contribution in [-0.4, -0.2) is 15.6 Å². The van der Waals surface area contributed by atoms with Crippen LogP contribution in [0.5, 0.6) is 0 Å². The van der Waals surface area contributed by atoms with E-state index in [4.69, 9.17) is 11.6 Å². The summed E-state index contributed by atoms with van der Waals surface area (Å²) >= 11 is 5.93. The second kappa shape index (κ2) is 5.38. The van der Waals surface area contributed by atoms with Gasteiger partial charge >= 0.3 is 5.97 Å². The molecule has 1 aliphatic carbocycles. The predicted molar refractivity (Wildman–Crippen MR) is 89.0 cm³/mol. The molecule has 1 aromatic heterocycles. The van der Waals surface area contributed by atoms with Crippen LogP contribution in [0.4, 0.5) is 4.39 Å². The number of hydrogen-bond donors (Lipinski definition) is 1. The Morgan fingerprint density at radius 2 is 1.87 bits per heavy atom. The molecule has 1 aromatic carbocycles. The minimum Gasteiger partial charge on any atom is -0.477 e. The topological polar surface area (TPSA) is 42.2 Å². The van der Waals surface area contributed by atoms with E-state index in [0.717, 1.165) is 18.4 Å². The molecular weight excluding hydrogens is 317 g/mol. The SMILES string of the molecule is Cc1c(-c2ccc(Cl)cc2)c(C(=O)O)n(C2CC2)c1C(C)(C)F. The first-order valence-corrected chi connectivity index (χ1v) is 8.03. The van der Waals surface area contributed by atoms with Crippen LogP contribution >= 0.6 is 11.6 Å². The number of halogens is 2. The molecule has 1 N–H and O–H groups in total. The highest BCUT2D eigenvalue weighted by atomic mass is 35.5. The number of aromatic carboxylic acids is 1. The number of carboxylic acid groups (broad SMARTS) is 1. The summed E-state index contributed by atoms with van der Waals surface area (Å²) in [6.45, 7) is 4.75. The van der Waals surface area contributed by atoms with Crippen LogP contribution in [0.15, 0.2) is 24.3 Å². The van der Waals surface area contributed by atoms with Gasteiger partial charge in [0.15, 0.2) is 0 Å². The largest absolute Gasteiger partial charge is 0.477 e. The molecule has 3 nitrogen and oxygen atoms in total. The molecule has 0 amide bonds.